The van der Waals surface area contributed by atoms with E-state index in [2.05, 4.69) is 0 Å². The van der Waals surface area contributed by atoms with Crippen LogP contribution in [0.5, 0.6) is 0 Å². The Kier molecular flexibility index (Phi) is 9.79. The van der Waals surface area contributed by atoms with Gasteiger partial charge in [0.25, 0.3) is 0 Å². The molecule has 0 fully saturated rings. The van der Waals surface area contributed by atoms with E-state index < -0.39 is 23.5 Å². The van der Waals surface area contributed by atoms with Crippen molar-refractivity contribution >= 4 is 80.7 Å². The van der Waals surface area contributed by atoms with Gasteiger partial charge in [-0.15, -0.1) is 0 Å². The molecule has 0 N–H and O–H groups in total. The van der Waals surface area contributed by atoms with E-state index in [1.807, 2.05) is 30.4 Å². The van der Waals surface area contributed by atoms with Crippen molar-refractivity contribution < 1.29 is 19.1 Å². The normalized spacial score (nSPS) is 16.0. The predicted molar refractivity (Wildman–Crippen MR) is 227 cm³/mol. The van der Waals surface area contributed by atoms with Crippen LogP contribution in [-0.2, 0) is 9.53 Å². The van der Waals surface area contributed by atoms with E-state index in [1.165, 1.54) is 12.1 Å². The molecule has 2 aliphatic heterocycles. The summed E-state index contributed by atoms with van der Waals surface area (Å²) in [6.45, 7) is 0. The van der Waals surface area contributed by atoms with Crippen LogP contribution in [0.2, 0.25) is 20.1 Å². The highest BCUT2D eigenvalue weighted by Crippen LogP contribution is 2.49. The number of carbonyl (C=O) groups excluding carboxylic acids is 3. The maximum Gasteiger partial charge on any atom is 0.343 e. The molecule has 0 bridgehead atoms. The van der Waals surface area contributed by atoms with Crippen LogP contribution >= 0.6 is 46.4 Å². The van der Waals surface area contributed by atoms with Crippen LogP contribution in [0, 0.1) is 0 Å². The standard InChI is InChI=1S/C46H26Cl4N4O4/c47-29-14-8-26(9-15-29)39-40(52-36-7-2-1-6-35(36)51-39)37-44(56)42-41(54(33-22-20-32(50)21-23-33)25-34-5-3-4-24-53(34)42)38(43(55)27-10-16-30(48)17-11-27)45(37)58-46(57)28-12-18-31(49)19-13-28/h1-25,37H. The van der Waals surface area contributed by atoms with E-state index in [1.54, 1.807) is 119 Å². The van der Waals surface area contributed by atoms with Crippen molar-refractivity contribution in [1.29, 1.82) is 0 Å². The van der Waals surface area contributed by atoms with Crippen LogP contribution in [0.3, 0.4) is 0 Å². The highest BCUT2D eigenvalue weighted by atomic mass is 35.5. The first-order chi connectivity index (χ1) is 28.1. The lowest BCUT2D eigenvalue weighted by molar-refractivity contribution is -0.118. The number of halogens is 4. The van der Waals surface area contributed by atoms with Crippen molar-refractivity contribution in [3.05, 3.63) is 217 Å². The Balaban J connectivity index is 1.39. The molecule has 1 aliphatic carbocycles. The first-order valence-electron chi connectivity index (χ1n) is 17.9. The van der Waals surface area contributed by atoms with Crippen LogP contribution < -0.4 is 4.90 Å². The number of esters is 1. The summed E-state index contributed by atoms with van der Waals surface area (Å²) in [4.78, 5) is 59.2. The van der Waals surface area contributed by atoms with Gasteiger partial charge in [0, 0.05) is 49.3 Å². The number of nitrogens with zero attached hydrogens (tertiary/aromatic N) is 4. The molecule has 282 valence electrons. The molecule has 0 saturated carbocycles. The van der Waals surface area contributed by atoms with Gasteiger partial charge in [-0.05, 0) is 109 Å². The number of para-hydroxylation sites is 2. The second-order valence-corrected chi connectivity index (χ2v) is 15.1. The second kappa shape index (κ2) is 15.2. The molecular weight excluding hydrogens is 814 g/mol. The van der Waals surface area contributed by atoms with Gasteiger partial charge in [0.15, 0.2) is 11.6 Å². The van der Waals surface area contributed by atoms with Gasteiger partial charge in [-0.1, -0.05) is 76.7 Å². The Hall–Kier alpha value is -6.29. The molecule has 1 atom stereocenters. The number of anilines is 1. The Labute approximate surface area is 352 Å². The maximum atomic E-state index is 15.8. The van der Waals surface area contributed by atoms with Crippen LogP contribution in [0.15, 0.2) is 180 Å². The third-order valence-electron chi connectivity index (χ3n) is 9.81. The van der Waals surface area contributed by atoms with Crippen molar-refractivity contribution in [1.82, 2.24) is 14.9 Å². The summed E-state index contributed by atoms with van der Waals surface area (Å²) in [7, 11) is 0. The number of hydrogen-bond acceptors (Lipinski definition) is 8. The average Bonchev–Trinajstić information content (AvgIpc) is 3.24. The highest BCUT2D eigenvalue weighted by molar-refractivity contribution is 6.31. The molecule has 8 nitrogen and oxygen atoms in total. The van der Waals surface area contributed by atoms with Gasteiger partial charge in [0.1, 0.15) is 17.4 Å². The van der Waals surface area contributed by atoms with Crippen LogP contribution in [0.1, 0.15) is 32.3 Å². The molecule has 0 amide bonds. The second-order valence-electron chi connectivity index (χ2n) is 13.4. The van der Waals surface area contributed by atoms with Gasteiger partial charge in [-0.3, -0.25) is 9.59 Å². The number of fused-ring (bicyclic) bond motifs is 3. The predicted octanol–water partition coefficient (Wildman–Crippen LogP) is 11.5. The lowest BCUT2D eigenvalue weighted by atomic mass is 9.79. The van der Waals surface area contributed by atoms with Gasteiger partial charge >= 0.3 is 5.97 Å². The van der Waals surface area contributed by atoms with Crippen molar-refractivity contribution in [2.75, 3.05) is 4.90 Å². The van der Waals surface area contributed by atoms with E-state index in [-0.39, 0.29) is 39.5 Å². The Morgan fingerprint density at radius 1 is 0.621 bits per heavy atom. The summed E-state index contributed by atoms with van der Waals surface area (Å²) in [5.74, 6) is -3.60. The molecule has 0 spiro atoms. The minimum Gasteiger partial charge on any atom is -0.425 e. The van der Waals surface area contributed by atoms with Crippen LogP contribution in [-0.4, -0.2) is 32.4 Å². The summed E-state index contributed by atoms with van der Waals surface area (Å²) in [5, 5.41) is 1.79. The first-order valence-corrected chi connectivity index (χ1v) is 19.4. The quantitative estimate of drug-likeness (QED) is 0.116. The minimum atomic E-state index is -1.48. The fourth-order valence-corrected chi connectivity index (χ4v) is 7.59. The van der Waals surface area contributed by atoms with Crippen LogP contribution in [0.4, 0.5) is 5.69 Å². The van der Waals surface area contributed by atoms with Crippen LogP contribution in [0.25, 0.3) is 22.3 Å². The number of ether oxygens (including phenoxy) is 1. The van der Waals surface area contributed by atoms with Gasteiger partial charge in [0.2, 0.25) is 0 Å². The van der Waals surface area contributed by atoms with E-state index in [4.69, 9.17) is 61.1 Å². The molecular formula is C46H26Cl4N4O4. The largest absolute Gasteiger partial charge is 0.425 e. The summed E-state index contributed by atoms with van der Waals surface area (Å²) >= 11 is 25.2. The van der Waals surface area contributed by atoms with E-state index in [0.717, 1.165) is 0 Å². The molecule has 3 heterocycles. The van der Waals surface area contributed by atoms with Gasteiger partial charge in [0.05, 0.1) is 45.0 Å². The number of ketones is 2. The molecule has 0 radical (unpaired) electrons. The third kappa shape index (κ3) is 6.80. The molecule has 58 heavy (non-hydrogen) atoms. The number of rotatable bonds is 7. The summed E-state index contributed by atoms with van der Waals surface area (Å²) in [6, 6.07) is 33.6. The average molecular weight is 841 g/mol. The lowest BCUT2D eigenvalue weighted by Crippen LogP contribution is -2.43. The lowest BCUT2D eigenvalue weighted by Gasteiger charge is -2.42. The molecule has 5 aromatic carbocycles. The minimum absolute atomic E-state index is 0.0607. The molecule has 1 aromatic heterocycles. The van der Waals surface area contributed by atoms with Gasteiger partial charge < -0.3 is 14.5 Å². The summed E-state index contributed by atoms with van der Waals surface area (Å²) in [5.41, 5.74) is 3.92. The monoisotopic (exact) mass is 838 g/mol. The summed E-state index contributed by atoms with van der Waals surface area (Å²) < 4.78 is 6.43. The molecule has 12 heteroatoms. The molecule has 1 unspecified atom stereocenters. The molecule has 9 rings (SSSR count). The Morgan fingerprint density at radius 2 is 1.19 bits per heavy atom. The summed E-state index contributed by atoms with van der Waals surface area (Å²) in [6.07, 6.45) is 9.04. The van der Waals surface area contributed by atoms with E-state index in [0.29, 0.717) is 53.8 Å². The number of carbonyl (C=O) groups is 3. The van der Waals surface area contributed by atoms with E-state index >= 15 is 9.59 Å². The Bertz CT molecular complexity index is 2850. The SMILES string of the molecule is O=C(OC1=C(C(=O)c2ccc(Cl)cc2)C2=C(C(=O)C1c1nc3ccccc3nc1-c1ccc(Cl)cc1)N1C=CC=CC1=CN2c1ccc(Cl)cc1)c1ccc(Cl)cc1. The number of allylic oxidation sites excluding steroid dienone is 6. The zero-order chi connectivity index (χ0) is 40.1. The molecule has 3 aliphatic rings. The highest BCUT2D eigenvalue weighted by Gasteiger charge is 2.49. The maximum absolute atomic E-state index is 15.8. The first kappa shape index (κ1) is 37.3. The molecule has 0 saturated heterocycles. The van der Waals surface area contributed by atoms with Gasteiger partial charge in [-0.25, -0.2) is 14.8 Å². The van der Waals surface area contributed by atoms with Crippen molar-refractivity contribution in [2.45, 2.75) is 5.92 Å². The topological polar surface area (TPSA) is 92.7 Å². The smallest absolute Gasteiger partial charge is 0.343 e. The Morgan fingerprint density at radius 3 is 1.83 bits per heavy atom. The zero-order valence-electron chi connectivity index (χ0n) is 29.9. The molecule has 6 aromatic rings. The van der Waals surface area contributed by atoms with E-state index in [9.17, 15) is 4.79 Å². The van der Waals surface area contributed by atoms with Crippen molar-refractivity contribution in [3.63, 3.8) is 0 Å². The number of benzene rings is 5. The van der Waals surface area contributed by atoms with Gasteiger partial charge in [-0.2, -0.15) is 0 Å². The third-order valence-corrected chi connectivity index (χ3v) is 10.8. The number of hydrogen-bond donors (Lipinski definition) is 0. The van der Waals surface area contributed by atoms with Crippen molar-refractivity contribution in [2.24, 2.45) is 0 Å². The fraction of sp³-hybridized carbons (Fsp3) is 0.0217. The number of aromatic nitrogens is 2. The zero-order valence-corrected chi connectivity index (χ0v) is 33.0. The number of Topliss-reactive ketones (excluding diaryl/α,β-unsaturated/α-hetero) is 2. The fourth-order valence-electron chi connectivity index (χ4n) is 7.09. The van der Waals surface area contributed by atoms with Crippen molar-refractivity contribution in [3.8, 4) is 11.3 Å².